The molecular weight excluding hydrogens is 354 g/mol. The molecule has 2 aliphatic heterocycles. The molecule has 0 saturated carbocycles. The van der Waals surface area contributed by atoms with Gasteiger partial charge in [0.15, 0.2) is 0 Å². The van der Waals surface area contributed by atoms with Crippen LogP contribution in [-0.4, -0.2) is 48.3 Å². The molecule has 1 aromatic rings. The first-order chi connectivity index (χ1) is 13.5. The van der Waals surface area contributed by atoms with Crippen LogP contribution in [0.5, 0.6) is 0 Å². The van der Waals surface area contributed by atoms with Gasteiger partial charge in [-0.15, -0.1) is 0 Å². The maximum Gasteiger partial charge on any atom is 0.228 e. The quantitative estimate of drug-likeness (QED) is 0.818. The van der Waals surface area contributed by atoms with Crippen molar-refractivity contribution in [2.24, 2.45) is 11.8 Å². The highest BCUT2D eigenvalue weighted by Crippen LogP contribution is 2.28. The molecule has 0 unspecified atom stereocenters. The van der Waals surface area contributed by atoms with Crippen LogP contribution in [0.2, 0.25) is 0 Å². The van der Waals surface area contributed by atoms with Gasteiger partial charge in [-0.2, -0.15) is 0 Å². The van der Waals surface area contributed by atoms with Gasteiger partial charge in [-0.25, -0.2) is 0 Å². The second-order valence-electron chi connectivity index (χ2n) is 7.86. The number of likely N-dealkylation sites (tertiary alicyclic amines) is 1. The first-order valence-corrected chi connectivity index (χ1v) is 10.5. The summed E-state index contributed by atoms with van der Waals surface area (Å²) in [6.45, 7) is 5.79. The number of hydrogen-bond acceptors (Lipinski definition) is 3. The highest BCUT2D eigenvalue weighted by molar-refractivity contribution is 6.00. The van der Waals surface area contributed by atoms with Crippen LogP contribution in [0.3, 0.4) is 0 Å². The van der Waals surface area contributed by atoms with Crippen LogP contribution in [0.1, 0.15) is 46.0 Å². The highest BCUT2D eigenvalue weighted by atomic mass is 16.2. The summed E-state index contributed by atoms with van der Waals surface area (Å²) in [5, 5.41) is 3.12. The predicted octanol–water partition coefficient (Wildman–Crippen LogP) is 2.58. The molecule has 6 heteroatoms. The molecule has 1 atom stereocenters. The second kappa shape index (κ2) is 9.22. The molecule has 2 fully saturated rings. The Balaban J connectivity index is 1.52. The molecule has 0 aliphatic carbocycles. The van der Waals surface area contributed by atoms with Gasteiger partial charge in [0.25, 0.3) is 0 Å². The lowest BCUT2D eigenvalue weighted by Gasteiger charge is -2.33. The molecule has 1 N–H and O–H groups in total. The minimum atomic E-state index is -0.289. The Labute approximate surface area is 167 Å². The highest BCUT2D eigenvalue weighted by Gasteiger charge is 2.38. The van der Waals surface area contributed by atoms with E-state index in [1.807, 2.05) is 35.2 Å². The molecule has 2 aliphatic rings. The van der Waals surface area contributed by atoms with E-state index < -0.39 is 0 Å². The van der Waals surface area contributed by atoms with Gasteiger partial charge < -0.3 is 15.1 Å². The van der Waals surface area contributed by atoms with Gasteiger partial charge in [0.1, 0.15) is 0 Å². The summed E-state index contributed by atoms with van der Waals surface area (Å²) < 4.78 is 0. The SMILES string of the molecule is CCC(CC)NC(=O)C1CCN(C(=O)[C@H]2CC(=O)N(c3ccccc3)C2)CC1. The Kier molecular flexibility index (Phi) is 6.70. The van der Waals surface area contributed by atoms with Crippen molar-refractivity contribution >= 4 is 23.4 Å². The Morgan fingerprint density at radius 2 is 1.71 bits per heavy atom. The number of piperidine rings is 1. The molecule has 0 bridgehead atoms. The monoisotopic (exact) mass is 385 g/mol. The first-order valence-electron chi connectivity index (χ1n) is 10.5. The summed E-state index contributed by atoms with van der Waals surface area (Å²) in [6.07, 6.45) is 3.53. The van der Waals surface area contributed by atoms with Crippen LogP contribution >= 0.6 is 0 Å². The van der Waals surface area contributed by atoms with Crippen LogP contribution in [0.4, 0.5) is 5.69 Å². The normalized spacial score (nSPS) is 20.7. The van der Waals surface area contributed by atoms with E-state index in [1.54, 1.807) is 4.90 Å². The molecule has 0 spiro atoms. The number of benzene rings is 1. The van der Waals surface area contributed by atoms with Gasteiger partial charge in [0.2, 0.25) is 17.7 Å². The zero-order valence-corrected chi connectivity index (χ0v) is 16.9. The lowest BCUT2D eigenvalue weighted by atomic mass is 9.94. The molecule has 3 amide bonds. The van der Waals surface area contributed by atoms with E-state index in [9.17, 15) is 14.4 Å². The maximum atomic E-state index is 12.9. The third-order valence-electron chi connectivity index (χ3n) is 6.05. The summed E-state index contributed by atoms with van der Waals surface area (Å²) in [5.74, 6) is -0.139. The smallest absolute Gasteiger partial charge is 0.228 e. The van der Waals surface area contributed by atoms with Crippen LogP contribution in [0.25, 0.3) is 0 Å². The largest absolute Gasteiger partial charge is 0.353 e. The molecule has 0 radical (unpaired) electrons. The predicted molar refractivity (Wildman–Crippen MR) is 109 cm³/mol. The number of carbonyl (C=O) groups is 3. The fourth-order valence-electron chi connectivity index (χ4n) is 4.16. The topological polar surface area (TPSA) is 69.7 Å². The van der Waals surface area contributed by atoms with Gasteiger partial charge in [0.05, 0.1) is 5.92 Å². The average molecular weight is 386 g/mol. The second-order valence-corrected chi connectivity index (χ2v) is 7.86. The minimum Gasteiger partial charge on any atom is -0.353 e. The standard InChI is InChI=1S/C22H31N3O3/c1-3-18(4-2)23-21(27)16-10-12-24(13-11-16)22(28)17-14-20(26)25(15-17)19-8-6-5-7-9-19/h5-9,16-18H,3-4,10-15H2,1-2H3,(H,23,27)/t17-/m0/s1. The van der Waals surface area contributed by atoms with Gasteiger partial charge >= 0.3 is 0 Å². The zero-order valence-electron chi connectivity index (χ0n) is 16.9. The minimum absolute atomic E-state index is 0.00369. The van der Waals surface area contributed by atoms with E-state index in [0.717, 1.165) is 18.5 Å². The van der Waals surface area contributed by atoms with E-state index in [4.69, 9.17) is 0 Å². The molecule has 3 rings (SSSR count). The number of nitrogens with zero attached hydrogens (tertiary/aromatic N) is 2. The van der Waals surface area contributed by atoms with Crippen molar-refractivity contribution in [2.75, 3.05) is 24.5 Å². The summed E-state index contributed by atoms with van der Waals surface area (Å²) in [6, 6.07) is 9.74. The Morgan fingerprint density at radius 3 is 2.32 bits per heavy atom. The lowest BCUT2D eigenvalue weighted by molar-refractivity contribution is -0.139. The van der Waals surface area contributed by atoms with Crippen molar-refractivity contribution in [1.82, 2.24) is 10.2 Å². The number of carbonyl (C=O) groups excluding carboxylic acids is 3. The molecular formula is C22H31N3O3. The van der Waals surface area contributed by atoms with Gasteiger partial charge in [0, 0.05) is 43.7 Å². The van der Waals surface area contributed by atoms with Crippen LogP contribution < -0.4 is 10.2 Å². The number of anilines is 1. The van der Waals surface area contributed by atoms with Crippen molar-refractivity contribution in [3.05, 3.63) is 30.3 Å². The number of nitrogens with one attached hydrogen (secondary N) is 1. The van der Waals surface area contributed by atoms with E-state index >= 15 is 0 Å². The molecule has 0 aromatic heterocycles. The molecule has 152 valence electrons. The summed E-state index contributed by atoms with van der Waals surface area (Å²) in [4.78, 5) is 41.3. The third kappa shape index (κ3) is 4.54. The molecule has 1 aromatic carbocycles. The average Bonchev–Trinajstić information content (AvgIpc) is 3.13. The van der Waals surface area contributed by atoms with E-state index in [2.05, 4.69) is 19.2 Å². The van der Waals surface area contributed by atoms with Crippen molar-refractivity contribution in [2.45, 2.75) is 52.0 Å². The third-order valence-corrected chi connectivity index (χ3v) is 6.05. The lowest BCUT2D eigenvalue weighted by Crippen LogP contribution is -2.46. The van der Waals surface area contributed by atoms with Crippen molar-refractivity contribution in [3.8, 4) is 0 Å². The van der Waals surface area contributed by atoms with Crippen molar-refractivity contribution in [3.63, 3.8) is 0 Å². The molecule has 2 heterocycles. The van der Waals surface area contributed by atoms with Gasteiger partial charge in [-0.1, -0.05) is 32.0 Å². The van der Waals surface area contributed by atoms with E-state index in [-0.39, 0.29) is 42.0 Å². The van der Waals surface area contributed by atoms with Crippen LogP contribution in [0, 0.1) is 11.8 Å². The van der Waals surface area contributed by atoms with E-state index in [1.165, 1.54) is 0 Å². The summed E-state index contributed by atoms with van der Waals surface area (Å²) >= 11 is 0. The van der Waals surface area contributed by atoms with Crippen molar-refractivity contribution in [1.29, 1.82) is 0 Å². The number of rotatable bonds is 6. The number of amides is 3. The molecule has 6 nitrogen and oxygen atoms in total. The fourth-order valence-corrected chi connectivity index (χ4v) is 4.16. The van der Waals surface area contributed by atoms with Crippen LogP contribution in [-0.2, 0) is 14.4 Å². The number of para-hydroxylation sites is 1. The summed E-state index contributed by atoms with van der Waals surface area (Å²) in [7, 11) is 0. The zero-order chi connectivity index (χ0) is 20.1. The van der Waals surface area contributed by atoms with Crippen molar-refractivity contribution < 1.29 is 14.4 Å². The number of hydrogen-bond donors (Lipinski definition) is 1. The Hall–Kier alpha value is -2.37. The summed E-state index contributed by atoms with van der Waals surface area (Å²) in [5.41, 5.74) is 0.847. The van der Waals surface area contributed by atoms with Gasteiger partial charge in [-0.05, 0) is 37.8 Å². The Morgan fingerprint density at radius 1 is 1.07 bits per heavy atom. The first kappa shape index (κ1) is 20.4. The van der Waals surface area contributed by atoms with Crippen LogP contribution in [0.15, 0.2) is 30.3 Å². The van der Waals surface area contributed by atoms with E-state index in [0.29, 0.717) is 32.5 Å². The molecule has 2 saturated heterocycles. The van der Waals surface area contributed by atoms with Gasteiger partial charge in [-0.3, -0.25) is 14.4 Å². The maximum absolute atomic E-state index is 12.9. The Bertz CT molecular complexity index is 694. The fraction of sp³-hybridized carbons (Fsp3) is 0.591. The molecule has 28 heavy (non-hydrogen) atoms.